The summed E-state index contributed by atoms with van der Waals surface area (Å²) in [7, 11) is 0. The van der Waals surface area contributed by atoms with Crippen molar-refractivity contribution in [1.82, 2.24) is 5.32 Å². The SMILES string of the molecule is CC(NC(=O)c1cccc(NC(=O)c2ccco2)c1)c1cc2c(cc1Br)OCCO2. The summed E-state index contributed by atoms with van der Waals surface area (Å²) < 4.78 is 17.1. The maximum absolute atomic E-state index is 12.8. The standard InChI is InChI=1S/C22H19BrN2O5/c1-13(16-11-19-20(12-17(16)23)30-9-8-29-19)24-21(26)14-4-2-5-15(10-14)25-22(27)18-6-3-7-28-18/h2-7,10-13H,8-9H2,1H3,(H,24,26)(H,25,27). The largest absolute Gasteiger partial charge is 0.486 e. The molecule has 2 N–H and O–H groups in total. The van der Waals surface area contributed by atoms with Gasteiger partial charge in [-0.05, 0) is 55.0 Å². The van der Waals surface area contributed by atoms with Crippen LogP contribution < -0.4 is 20.1 Å². The Morgan fingerprint density at radius 3 is 2.50 bits per heavy atom. The summed E-state index contributed by atoms with van der Waals surface area (Å²) in [5.74, 6) is 0.880. The average molecular weight is 471 g/mol. The van der Waals surface area contributed by atoms with Crippen molar-refractivity contribution >= 4 is 33.4 Å². The number of amides is 2. The zero-order valence-electron chi connectivity index (χ0n) is 16.1. The van der Waals surface area contributed by atoms with Gasteiger partial charge >= 0.3 is 0 Å². The number of fused-ring (bicyclic) bond motifs is 1. The molecule has 1 atom stereocenters. The van der Waals surface area contributed by atoms with Crippen molar-refractivity contribution in [2.45, 2.75) is 13.0 Å². The number of carbonyl (C=O) groups excluding carboxylic acids is 2. The molecular weight excluding hydrogens is 452 g/mol. The second-order valence-electron chi connectivity index (χ2n) is 6.72. The van der Waals surface area contributed by atoms with Crippen LogP contribution in [-0.4, -0.2) is 25.0 Å². The molecule has 0 fully saturated rings. The van der Waals surface area contributed by atoms with Crippen molar-refractivity contribution in [2.75, 3.05) is 18.5 Å². The number of nitrogens with one attached hydrogen (secondary N) is 2. The zero-order valence-corrected chi connectivity index (χ0v) is 17.7. The normalized spacial score (nSPS) is 13.4. The molecule has 3 aromatic rings. The van der Waals surface area contributed by atoms with E-state index in [0.29, 0.717) is 36.0 Å². The van der Waals surface area contributed by atoms with Crippen LogP contribution in [0.5, 0.6) is 11.5 Å². The fraction of sp³-hybridized carbons (Fsp3) is 0.182. The number of carbonyl (C=O) groups is 2. The van der Waals surface area contributed by atoms with E-state index in [4.69, 9.17) is 13.9 Å². The van der Waals surface area contributed by atoms with Crippen molar-refractivity contribution in [3.63, 3.8) is 0 Å². The van der Waals surface area contributed by atoms with Crippen LogP contribution in [0.2, 0.25) is 0 Å². The highest BCUT2D eigenvalue weighted by atomic mass is 79.9. The van der Waals surface area contributed by atoms with E-state index in [0.717, 1.165) is 10.0 Å². The molecule has 2 amide bonds. The summed E-state index contributed by atoms with van der Waals surface area (Å²) in [6, 6.07) is 13.3. The molecule has 0 saturated heterocycles. The van der Waals surface area contributed by atoms with Gasteiger partial charge in [-0.2, -0.15) is 0 Å². The van der Waals surface area contributed by atoms with Gasteiger partial charge in [0.15, 0.2) is 17.3 Å². The van der Waals surface area contributed by atoms with E-state index >= 15 is 0 Å². The predicted molar refractivity (Wildman–Crippen MR) is 114 cm³/mol. The minimum Gasteiger partial charge on any atom is -0.486 e. The van der Waals surface area contributed by atoms with Crippen LogP contribution >= 0.6 is 15.9 Å². The van der Waals surface area contributed by atoms with Gasteiger partial charge in [-0.15, -0.1) is 0 Å². The van der Waals surface area contributed by atoms with Crippen LogP contribution in [0.1, 0.15) is 39.4 Å². The first-order chi connectivity index (χ1) is 14.5. The Balaban J connectivity index is 1.47. The van der Waals surface area contributed by atoms with Gasteiger partial charge in [0.25, 0.3) is 11.8 Å². The first-order valence-electron chi connectivity index (χ1n) is 9.36. The third-order valence-electron chi connectivity index (χ3n) is 4.60. The molecule has 2 aromatic carbocycles. The highest BCUT2D eigenvalue weighted by Gasteiger charge is 2.20. The summed E-state index contributed by atoms with van der Waals surface area (Å²) in [5, 5.41) is 5.69. The van der Waals surface area contributed by atoms with E-state index in [2.05, 4.69) is 26.6 Å². The van der Waals surface area contributed by atoms with Crippen molar-refractivity contribution < 1.29 is 23.5 Å². The van der Waals surface area contributed by atoms with Crippen LogP contribution in [0.3, 0.4) is 0 Å². The maximum Gasteiger partial charge on any atom is 0.291 e. The first kappa shape index (κ1) is 20.0. The van der Waals surface area contributed by atoms with Crippen LogP contribution in [0, 0.1) is 0 Å². The van der Waals surface area contributed by atoms with Gasteiger partial charge in [-0.3, -0.25) is 9.59 Å². The van der Waals surface area contributed by atoms with Crippen molar-refractivity contribution in [3.8, 4) is 11.5 Å². The Morgan fingerprint density at radius 1 is 1.00 bits per heavy atom. The van der Waals surface area contributed by atoms with Gasteiger partial charge in [-0.25, -0.2) is 0 Å². The summed E-state index contributed by atoms with van der Waals surface area (Å²) in [5.41, 5.74) is 1.79. The third-order valence-corrected chi connectivity index (χ3v) is 5.29. The summed E-state index contributed by atoms with van der Waals surface area (Å²) in [6.45, 7) is 2.89. The molecule has 7 nitrogen and oxygen atoms in total. The van der Waals surface area contributed by atoms with Crippen molar-refractivity contribution in [2.24, 2.45) is 0 Å². The van der Waals surface area contributed by atoms with E-state index in [1.807, 2.05) is 19.1 Å². The molecular formula is C22H19BrN2O5. The highest BCUT2D eigenvalue weighted by Crippen LogP contribution is 2.37. The van der Waals surface area contributed by atoms with Crippen LogP contribution in [0.25, 0.3) is 0 Å². The summed E-state index contributed by atoms with van der Waals surface area (Å²) in [4.78, 5) is 24.9. The van der Waals surface area contributed by atoms with Gasteiger partial charge in [-0.1, -0.05) is 22.0 Å². The number of ether oxygens (including phenoxy) is 2. The number of rotatable bonds is 5. The van der Waals surface area contributed by atoms with Gasteiger partial charge in [0.1, 0.15) is 13.2 Å². The Bertz CT molecular complexity index is 1080. The lowest BCUT2D eigenvalue weighted by Gasteiger charge is -2.22. The molecule has 30 heavy (non-hydrogen) atoms. The van der Waals surface area contributed by atoms with E-state index in [1.54, 1.807) is 36.4 Å². The van der Waals surface area contributed by atoms with E-state index in [1.165, 1.54) is 6.26 Å². The monoisotopic (exact) mass is 470 g/mol. The fourth-order valence-electron chi connectivity index (χ4n) is 3.11. The predicted octanol–water partition coefficient (Wildman–Crippen LogP) is 4.56. The molecule has 154 valence electrons. The van der Waals surface area contributed by atoms with E-state index in [-0.39, 0.29) is 23.6 Å². The Morgan fingerprint density at radius 2 is 1.77 bits per heavy atom. The number of halogens is 1. The number of hydrogen-bond donors (Lipinski definition) is 2. The number of hydrogen-bond acceptors (Lipinski definition) is 5. The molecule has 1 unspecified atom stereocenters. The highest BCUT2D eigenvalue weighted by molar-refractivity contribution is 9.10. The molecule has 0 bridgehead atoms. The molecule has 8 heteroatoms. The lowest BCUT2D eigenvalue weighted by molar-refractivity contribution is 0.0938. The maximum atomic E-state index is 12.8. The quantitative estimate of drug-likeness (QED) is 0.570. The van der Waals surface area contributed by atoms with E-state index in [9.17, 15) is 9.59 Å². The molecule has 2 heterocycles. The molecule has 1 aliphatic rings. The molecule has 0 radical (unpaired) electrons. The number of benzene rings is 2. The van der Waals surface area contributed by atoms with Crippen LogP contribution in [-0.2, 0) is 0 Å². The van der Waals surface area contributed by atoms with Gasteiger partial charge in [0.2, 0.25) is 0 Å². The van der Waals surface area contributed by atoms with Gasteiger partial charge < -0.3 is 24.5 Å². The van der Waals surface area contributed by atoms with Crippen molar-refractivity contribution in [1.29, 1.82) is 0 Å². The smallest absolute Gasteiger partial charge is 0.291 e. The molecule has 1 aromatic heterocycles. The topological polar surface area (TPSA) is 89.8 Å². The Hall–Kier alpha value is -3.26. The van der Waals surface area contributed by atoms with Crippen molar-refractivity contribution in [3.05, 3.63) is 76.2 Å². The molecule has 0 aliphatic carbocycles. The van der Waals surface area contributed by atoms with Crippen LogP contribution in [0.4, 0.5) is 5.69 Å². The second-order valence-corrected chi connectivity index (χ2v) is 7.58. The first-order valence-corrected chi connectivity index (χ1v) is 10.2. The second kappa shape index (κ2) is 8.62. The zero-order chi connectivity index (χ0) is 21.1. The molecule has 0 saturated carbocycles. The number of anilines is 1. The lowest BCUT2D eigenvalue weighted by atomic mass is 10.1. The Labute approximate surface area is 181 Å². The van der Waals surface area contributed by atoms with E-state index < -0.39 is 0 Å². The summed E-state index contributed by atoms with van der Waals surface area (Å²) >= 11 is 3.54. The minimum atomic E-state index is -0.383. The minimum absolute atomic E-state index is 0.196. The van der Waals surface area contributed by atoms with Crippen LogP contribution in [0.15, 0.2) is 63.7 Å². The molecule has 0 spiro atoms. The Kier molecular flexibility index (Phi) is 5.76. The average Bonchev–Trinajstić information content (AvgIpc) is 3.28. The van der Waals surface area contributed by atoms with Gasteiger partial charge in [0.05, 0.1) is 12.3 Å². The molecule has 1 aliphatic heterocycles. The lowest BCUT2D eigenvalue weighted by Crippen LogP contribution is -2.27. The third kappa shape index (κ3) is 4.33. The van der Waals surface area contributed by atoms with Gasteiger partial charge in [0, 0.05) is 15.7 Å². The fourth-order valence-corrected chi connectivity index (χ4v) is 3.77. The molecule has 4 rings (SSSR count). The number of furan rings is 1. The summed E-state index contributed by atoms with van der Waals surface area (Å²) in [6.07, 6.45) is 1.43.